The zero-order chi connectivity index (χ0) is 26.6. The topological polar surface area (TPSA) is 102 Å². The second-order valence-electron chi connectivity index (χ2n) is 14.5. The minimum absolute atomic E-state index is 0.00412. The molecule has 0 amide bonds. The zero-order valence-corrected chi connectivity index (χ0v) is 22.8. The highest BCUT2D eigenvalue weighted by Gasteiger charge is 2.89. The maximum absolute atomic E-state index is 14.6. The van der Waals surface area contributed by atoms with Crippen LogP contribution in [0.25, 0.3) is 0 Å². The molecular formula is C30H39NO7. The summed E-state index contributed by atoms with van der Waals surface area (Å²) < 4.78 is 19.6. The standard InChI is InChI=1S/C30H39NO7/c1-15-8-19-22(20(32)9-15)17(3)23(34)24-27(11-21(33)36-13-27)26(4)5-6-28-10-16(2)7-18(38-28)12-31(28)30(26)25(35)29(19,24)14-37-30/h9,16-19,22,24-25,35H,5-8,10-14H2,1-4H3/t16-,17+,18+,19+,22+,24+,25-,26-,27+,28-,29-,30+/m0/s1. The van der Waals surface area contributed by atoms with Crippen molar-refractivity contribution < 1.29 is 33.7 Å². The number of fused-ring (bicyclic) bond motifs is 4. The van der Waals surface area contributed by atoms with Crippen molar-refractivity contribution in [2.75, 3.05) is 19.8 Å². The lowest BCUT2D eigenvalue weighted by atomic mass is 9.33. The average molecular weight is 526 g/mol. The number of piperidine rings is 1. The number of hydrogen-bond donors (Lipinski definition) is 1. The van der Waals surface area contributed by atoms with Gasteiger partial charge in [-0.15, -0.1) is 0 Å². The molecule has 8 heteroatoms. The van der Waals surface area contributed by atoms with E-state index in [4.69, 9.17) is 14.2 Å². The molecule has 8 rings (SSSR count). The molecule has 5 aliphatic heterocycles. The molecule has 8 nitrogen and oxygen atoms in total. The second kappa shape index (κ2) is 6.99. The van der Waals surface area contributed by atoms with Gasteiger partial charge in [0.25, 0.3) is 0 Å². The molecule has 0 aromatic heterocycles. The smallest absolute Gasteiger partial charge is 0.306 e. The molecule has 1 N–H and O–H groups in total. The van der Waals surface area contributed by atoms with Gasteiger partial charge in [0.2, 0.25) is 0 Å². The molecule has 2 saturated carbocycles. The molecule has 12 atom stereocenters. The number of allylic oxidation sites excluding steroid dienone is 2. The molecular weight excluding hydrogens is 486 g/mol. The molecule has 4 spiro atoms. The van der Waals surface area contributed by atoms with Crippen molar-refractivity contribution in [2.24, 2.45) is 45.8 Å². The minimum Gasteiger partial charge on any atom is -0.465 e. The normalized spacial score (nSPS) is 58.7. The highest BCUT2D eigenvalue weighted by atomic mass is 16.6. The van der Waals surface area contributed by atoms with Gasteiger partial charge in [-0.2, -0.15) is 0 Å². The fourth-order valence-electron chi connectivity index (χ4n) is 11.7. The fourth-order valence-corrected chi connectivity index (χ4v) is 11.7. The number of rotatable bonds is 0. The second-order valence-corrected chi connectivity index (χ2v) is 14.5. The highest BCUT2D eigenvalue weighted by molar-refractivity contribution is 6.00. The number of ketones is 2. The van der Waals surface area contributed by atoms with E-state index in [0.717, 1.165) is 24.8 Å². The molecule has 7 fully saturated rings. The Labute approximate surface area is 223 Å². The van der Waals surface area contributed by atoms with Crippen LogP contribution in [0, 0.1) is 45.8 Å². The SMILES string of the molecule is CC1=CC(=O)[C@H]2[C@@H](C1)[C@]13CO[C@@]4([C@H]1O)N1C[C@H]5C[C@H](C)C[C@]1(CC[C@@]4(C)[C@]1(COC(=O)C1)[C@H]3C(=O)[C@@H]2C)O5. The molecule has 0 radical (unpaired) electrons. The van der Waals surface area contributed by atoms with Crippen LogP contribution in [0.5, 0.6) is 0 Å². The van der Waals surface area contributed by atoms with Crippen LogP contribution in [-0.4, -0.2) is 71.0 Å². The summed E-state index contributed by atoms with van der Waals surface area (Å²) in [5.74, 6) is -1.61. The van der Waals surface area contributed by atoms with Gasteiger partial charge in [0.15, 0.2) is 11.5 Å². The molecule has 3 aliphatic carbocycles. The van der Waals surface area contributed by atoms with Crippen LogP contribution in [0.4, 0.5) is 0 Å². The van der Waals surface area contributed by atoms with Crippen LogP contribution >= 0.6 is 0 Å². The van der Waals surface area contributed by atoms with Crippen molar-refractivity contribution in [3.8, 4) is 0 Å². The lowest BCUT2D eigenvalue weighted by Crippen LogP contribution is -2.83. The minimum atomic E-state index is -1.11. The number of ether oxygens (including phenoxy) is 3. The third-order valence-corrected chi connectivity index (χ3v) is 13.0. The van der Waals surface area contributed by atoms with E-state index in [-0.39, 0.29) is 49.2 Å². The summed E-state index contributed by atoms with van der Waals surface area (Å²) in [6.07, 6.45) is 4.87. The Morgan fingerprint density at radius 1 is 1.13 bits per heavy atom. The van der Waals surface area contributed by atoms with E-state index >= 15 is 0 Å². The van der Waals surface area contributed by atoms with Crippen LogP contribution in [0.3, 0.4) is 0 Å². The maximum atomic E-state index is 14.6. The molecule has 206 valence electrons. The van der Waals surface area contributed by atoms with Crippen molar-refractivity contribution in [1.82, 2.24) is 4.90 Å². The Morgan fingerprint density at radius 3 is 2.66 bits per heavy atom. The first kappa shape index (κ1) is 24.2. The Morgan fingerprint density at radius 2 is 1.92 bits per heavy atom. The van der Waals surface area contributed by atoms with Crippen LogP contribution in [-0.2, 0) is 28.6 Å². The summed E-state index contributed by atoms with van der Waals surface area (Å²) >= 11 is 0. The van der Waals surface area contributed by atoms with Gasteiger partial charge >= 0.3 is 5.97 Å². The largest absolute Gasteiger partial charge is 0.465 e. The molecule has 5 heterocycles. The van der Waals surface area contributed by atoms with E-state index in [1.807, 2.05) is 13.8 Å². The molecule has 4 bridgehead atoms. The third kappa shape index (κ3) is 2.29. The molecule has 0 aromatic carbocycles. The lowest BCUT2D eigenvalue weighted by Gasteiger charge is -2.72. The highest BCUT2D eigenvalue weighted by Crippen LogP contribution is 2.80. The van der Waals surface area contributed by atoms with Crippen molar-refractivity contribution in [2.45, 2.75) is 89.9 Å². The summed E-state index contributed by atoms with van der Waals surface area (Å²) in [5, 5.41) is 12.9. The van der Waals surface area contributed by atoms with Gasteiger partial charge in [0.05, 0.1) is 25.7 Å². The number of esters is 1. The van der Waals surface area contributed by atoms with Crippen LogP contribution < -0.4 is 0 Å². The first-order chi connectivity index (χ1) is 18.0. The lowest BCUT2D eigenvalue weighted by molar-refractivity contribution is -0.364. The molecule has 0 unspecified atom stereocenters. The zero-order valence-electron chi connectivity index (χ0n) is 22.8. The number of Topliss-reactive ketones (excluding diaryl/α,β-unsaturated/α-hetero) is 1. The van der Waals surface area contributed by atoms with Gasteiger partial charge in [-0.25, -0.2) is 4.90 Å². The first-order valence-electron chi connectivity index (χ1n) is 14.6. The summed E-state index contributed by atoms with van der Waals surface area (Å²) in [4.78, 5) is 43.4. The summed E-state index contributed by atoms with van der Waals surface area (Å²) in [7, 11) is 0. The van der Waals surface area contributed by atoms with E-state index in [0.29, 0.717) is 25.3 Å². The average Bonchev–Trinajstić information content (AvgIpc) is 3.45. The first-order valence-corrected chi connectivity index (χ1v) is 14.6. The van der Waals surface area contributed by atoms with E-state index < -0.39 is 51.6 Å². The fraction of sp³-hybridized carbons (Fsp3) is 0.833. The Balaban J connectivity index is 1.40. The number of carbonyl (C=O) groups is 3. The third-order valence-electron chi connectivity index (χ3n) is 13.0. The van der Waals surface area contributed by atoms with E-state index in [2.05, 4.69) is 18.7 Å². The van der Waals surface area contributed by atoms with Gasteiger partial charge in [0, 0.05) is 40.5 Å². The number of aliphatic hydroxyl groups is 1. The number of hydrogen-bond acceptors (Lipinski definition) is 8. The number of carbonyl (C=O) groups excluding carboxylic acids is 3. The molecule has 8 aliphatic rings. The van der Waals surface area contributed by atoms with Crippen molar-refractivity contribution in [3.05, 3.63) is 11.6 Å². The van der Waals surface area contributed by atoms with Crippen molar-refractivity contribution in [1.29, 1.82) is 0 Å². The number of nitrogens with zero attached hydrogens (tertiary/aromatic N) is 1. The van der Waals surface area contributed by atoms with Gasteiger partial charge in [-0.1, -0.05) is 26.3 Å². The quantitative estimate of drug-likeness (QED) is 0.482. The predicted molar refractivity (Wildman–Crippen MR) is 133 cm³/mol. The maximum Gasteiger partial charge on any atom is 0.306 e. The Kier molecular flexibility index (Phi) is 4.45. The monoisotopic (exact) mass is 525 g/mol. The van der Waals surface area contributed by atoms with E-state index in [1.54, 1.807) is 6.08 Å². The van der Waals surface area contributed by atoms with Crippen molar-refractivity contribution >= 4 is 17.5 Å². The van der Waals surface area contributed by atoms with Crippen LogP contribution in [0.1, 0.15) is 66.2 Å². The molecule has 38 heavy (non-hydrogen) atoms. The van der Waals surface area contributed by atoms with E-state index in [1.165, 1.54) is 0 Å². The number of cyclic esters (lactones) is 1. The predicted octanol–water partition coefficient (Wildman–Crippen LogP) is 2.62. The van der Waals surface area contributed by atoms with E-state index in [9.17, 15) is 19.5 Å². The van der Waals surface area contributed by atoms with Crippen molar-refractivity contribution in [3.63, 3.8) is 0 Å². The number of aliphatic hydroxyl groups excluding tert-OH is 1. The summed E-state index contributed by atoms with van der Waals surface area (Å²) in [6, 6.07) is 0. The van der Waals surface area contributed by atoms with Crippen LogP contribution in [0.2, 0.25) is 0 Å². The summed E-state index contributed by atoms with van der Waals surface area (Å²) in [5.41, 5.74) is -3.13. The van der Waals surface area contributed by atoms with Gasteiger partial charge in [-0.05, 0) is 56.9 Å². The molecule has 5 saturated heterocycles. The molecule has 0 aromatic rings. The van der Waals surface area contributed by atoms with Gasteiger partial charge in [-0.3, -0.25) is 14.4 Å². The summed E-state index contributed by atoms with van der Waals surface area (Å²) in [6.45, 7) is 9.30. The van der Waals surface area contributed by atoms with Gasteiger partial charge < -0.3 is 19.3 Å². The van der Waals surface area contributed by atoms with Crippen LogP contribution in [0.15, 0.2) is 11.6 Å². The Bertz CT molecular complexity index is 1210. The van der Waals surface area contributed by atoms with Gasteiger partial charge in [0.1, 0.15) is 17.6 Å². The Hall–Kier alpha value is -1.61.